The van der Waals surface area contributed by atoms with Crippen LogP contribution in [0.25, 0.3) is 0 Å². The number of carbonyl (C=O) groups is 1. The molecular weight excluding hydrogens is 355 g/mol. The van der Waals surface area contributed by atoms with Crippen LogP contribution < -0.4 is 9.62 Å². The van der Waals surface area contributed by atoms with Gasteiger partial charge < -0.3 is 5.32 Å². The molecule has 1 atom stereocenters. The van der Waals surface area contributed by atoms with E-state index in [1.54, 1.807) is 0 Å². The Morgan fingerprint density at radius 1 is 1.15 bits per heavy atom. The molecule has 0 heterocycles. The van der Waals surface area contributed by atoms with E-state index in [1.165, 1.54) is 23.8 Å². The van der Waals surface area contributed by atoms with Crippen molar-refractivity contribution in [2.24, 2.45) is 0 Å². The van der Waals surface area contributed by atoms with E-state index in [1.807, 2.05) is 31.2 Å². The molecule has 2 rings (SSSR count). The average molecular weight is 378 g/mol. The molecule has 5 nitrogen and oxygen atoms in total. The summed E-state index contributed by atoms with van der Waals surface area (Å²) in [7, 11) is -3.81. The van der Waals surface area contributed by atoms with E-state index in [2.05, 4.69) is 12.2 Å². The summed E-state index contributed by atoms with van der Waals surface area (Å²) in [6.45, 7) is 3.38. The standard InChI is InChI=1S/C19H23FN2O3S/c1-4-15-9-11-16(12-10-15)14(2)21-19(23)13-22(26(3,24)25)18-8-6-5-7-17(18)20/h5-12,14H,4,13H2,1-3H3,(H,21,23). The maximum Gasteiger partial charge on any atom is 0.241 e. The topological polar surface area (TPSA) is 66.5 Å². The van der Waals surface area contributed by atoms with Crippen molar-refractivity contribution in [2.45, 2.75) is 26.3 Å². The van der Waals surface area contributed by atoms with Crippen molar-refractivity contribution >= 4 is 21.6 Å². The van der Waals surface area contributed by atoms with Crippen LogP contribution in [0, 0.1) is 5.82 Å². The number of amides is 1. The van der Waals surface area contributed by atoms with Gasteiger partial charge in [-0.3, -0.25) is 9.10 Å². The Balaban J connectivity index is 2.13. The number of benzene rings is 2. The van der Waals surface area contributed by atoms with Crippen molar-refractivity contribution in [3.05, 3.63) is 65.5 Å². The minimum absolute atomic E-state index is 0.148. The molecule has 1 amide bonds. The van der Waals surface area contributed by atoms with Crippen LogP contribution >= 0.6 is 0 Å². The predicted molar refractivity (Wildman–Crippen MR) is 101 cm³/mol. The number of halogens is 1. The Bertz CT molecular complexity index is 867. The molecule has 0 aromatic heterocycles. The summed E-state index contributed by atoms with van der Waals surface area (Å²) >= 11 is 0. The summed E-state index contributed by atoms with van der Waals surface area (Å²) in [4.78, 5) is 12.4. The predicted octanol–water partition coefficient (Wildman–Crippen LogP) is 3.03. The lowest BCUT2D eigenvalue weighted by Gasteiger charge is -2.23. The lowest BCUT2D eigenvalue weighted by atomic mass is 10.1. The summed E-state index contributed by atoms with van der Waals surface area (Å²) in [6.07, 6.45) is 1.87. The Morgan fingerprint density at radius 3 is 2.31 bits per heavy atom. The minimum atomic E-state index is -3.81. The van der Waals surface area contributed by atoms with E-state index < -0.39 is 28.3 Å². The molecule has 0 saturated heterocycles. The van der Waals surface area contributed by atoms with Gasteiger partial charge in [0.15, 0.2) is 0 Å². The third-order valence-electron chi connectivity index (χ3n) is 4.07. The van der Waals surface area contributed by atoms with E-state index >= 15 is 0 Å². The zero-order valence-electron chi connectivity index (χ0n) is 15.1. The van der Waals surface area contributed by atoms with Gasteiger partial charge in [-0.1, -0.05) is 43.3 Å². The van der Waals surface area contributed by atoms with Crippen LogP contribution in [-0.2, 0) is 21.2 Å². The van der Waals surface area contributed by atoms with Crippen LogP contribution in [0.4, 0.5) is 10.1 Å². The Labute approximate surface area is 153 Å². The molecule has 26 heavy (non-hydrogen) atoms. The molecule has 0 fully saturated rings. The van der Waals surface area contributed by atoms with Crippen LogP contribution in [0.15, 0.2) is 48.5 Å². The number of nitrogens with one attached hydrogen (secondary N) is 1. The molecule has 0 aliphatic carbocycles. The number of hydrogen-bond acceptors (Lipinski definition) is 3. The number of hydrogen-bond donors (Lipinski definition) is 1. The fourth-order valence-electron chi connectivity index (χ4n) is 2.58. The molecule has 0 saturated carbocycles. The molecule has 1 unspecified atom stereocenters. The monoisotopic (exact) mass is 378 g/mol. The molecular formula is C19H23FN2O3S. The highest BCUT2D eigenvalue weighted by molar-refractivity contribution is 7.92. The number of anilines is 1. The van der Waals surface area contributed by atoms with Crippen LogP contribution in [0.3, 0.4) is 0 Å². The van der Waals surface area contributed by atoms with Crippen molar-refractivity contribution < 1.29 is 17.6 Å². The van der Waals surface area contributed by atoms with Gasteiger partial charge >= 0.3 is 0 Å². The van der Waals surface area contributed by atoms with Crippen LogP contribution in [-0.4, -0.2) is 27.1 Å². The van der Waals surface area contributed by atoms with E-state index in [9.17, 15) is 17.6 Å². The van der Waals surface area contributed by atoms with Gasteiger partial charge in [-0.05, 0) is 36.6 Å². The molecule has 2 aromatic rings. The van der Waals surface area contributed by atoms with E-state index in [0.717, 1.165) is 28.6 Å². The van der Waals surface area contributed by atoms with Crippen LogP contribution in [0.2, 0.25) is 0 Å². The first-order valence-electron chi connectivity index (χ1n) is 8.32. The van der Waals surface area contributed by atoms with Crippen molar-refractivity contribution in [2.75, 3.05) is 17.1 Å². The maximum atomic E-state index is 14.0. The summed E-state index contributed by atoms with van der Waals surface area (Å²) in [6, 6.07) is 13.0. The summed E-state index contributed by atoms with van der Waals surface area (Å²) in [5.74, 6) is -1.21. The molecule has 2 aromatic carbocycles. The Kier molecular flexibility index (Phi) is 6.37. The SMILES string of the molecule is CCc1ccc(C(C)NC(=O)CN(c2ccccc2F)S(C)(=O)=O)cc1. The highest BCUT2D eigenvalue weighted by Crippen LogP contribution is 2.21. The van der Waals surface area contributed by atoms with Gasteiger partial charge in [0.25, 0.3) is 0 Å². The van der Waals surface area contributed by atoms with E-state index in [4.69, 9.17) is 0 Å². The van der Waals surface area contributed by atoms with Crippen molar-refractivity contribution in [1.82, 2.24) is 5.32 Å². The first-order chi connectivity index (χ1) is 12.2. The Morgan fingerprint density at radius 2 is 1.77 bits per heavy atom. The molecule has 7 heteroatoms. The quantitative estimate of drug-likeness (QED) is 0.805. The van der Waals surface area contributed by atoms with Crippen LogP contribution in [0.1, 0.15) is 31.0 Å². The van der Waals surface area contributed by atoms with Crippen LogP contribution in [0.5, 0.6) is 0 Å². The lowest BCUT2D eigenvalue weighted by molar-refractivity contribution is -0.120. The number of para-hydroxylation sites is 1. The number of nitrogens with zero attached hydrogens (tertiary/aromatic N) is 1. The highest BCUT2D eigenvalue weighted by atomic mass is 32.2. The van der Waals surface area contributed by atoms with Gasteiger partial charge in [-0.15, -0.1) is 0 Å². The first-order valence-corrected chi connectivity index (χ1v) is 10.2. The van der Waals surface area contributed by atoms with Crippen molar-refractivity contribution in [3.63, 3.8) is 0 Å². The summed E-state index contributed by atoms with van der Waals surface area (Å²) in [5.41, 5.74) is 1.95. The molecule has 1 N–H and O–H groups in total. The van der Waals surface area contributed by atoms with Crippen molar-refractivity contribution in [1.29, 1.82) is 0 Å². The second-order valence-corrected chi connectivity index (χ2v) is 8.01. The third-order valence-corrected chi connectivity index (χ3v) is 5.20. The molecule has 0 spiro atoms. The lowest BCUT2D eigenvalue weighted by Crippen LogP contribution is -2.41. The van der Waals surface area contributed by atoms with Crippen molar-refractivity contribution in [3.8, 4) is 0 Å². The van der Waals surface area contributed by atoms with E-state index in [0.29, 0.717) is 0 Å². The largest absolute Gasteiger partial charge is 0.348 e. The fraction of sp³-hybridized carbons (Fsp3) is 0.316. The minimum Gasteiger partial charge on any atom is -0.348 e. The third kappa shape index (κ3) is 5.05. The number of sulfonamides is 1. The number of carbonyl (C=O) groups excluding carboxylic acids is 1. The summed E-state index contributed by atoms with van der Waals surface area (Å²) in [5, 5.41) is 2.76. The summed E-state index contributed by atoms with van der Waals surface area (Å²) < 4.78 is 38.8. The maximum absolute atomic E-state index is 14.0. The normalized spacial score (nSPS) is 12.5. The fourth-order valence-corrected chi connectivity index (χ4v) is 3.44. The zero-order valence-corrected chi connectivity index (χ0v) is 15.9. The number of rotatable bonds is 7. The molecule has 0 aliphatic rings. The van der Waals surface area contributed by atoms with E-state index in [-0.39, 0.29) is 11.7 Å². The zero-order chi connectivity index (χ0) is 19.3. The average Bonchev–Trinajstić information content (AvgIpc) is 2.59. The first kappa shape index (κ1) is 19.9. The molecule has 0 bridgehead atoms. The number of aryl methyl sites for hydroxylation is 1. The van der Waals surface area contributed by atoms with Gasteiger partial charge in [-0.2, -0.15) is 0 Å². The molecule has 0 radical (unpaired) electrons. The molecule has 0 aliphatic heterocycles. The van der Waals surface area contributed by atoms with Gasteiger partial charge in [0.1, 0.15) is 12.4 Å². The Hall–Kier alpha value is -2.41. The molecule has 140 valence electrons. The van der Waals surface area contributed by atoms with Gasteiger partial charge in [0.05, 0.1) is 18.0 Å². The highest BCUT2D eigenvalue weighted by Gasteiger charge is 2.24. The van der Waals surface area contributed by atoms with Gasteiger partial charge in [0.2, 0.25) is 15.9 Å². The smallest absolute Gasteiger partial charge is 0.241 e. The van der Waals surface area contributed by atoms with Gasteiger partial charge in [0, 0.05) is 0 Å². The second kappa shape index (κ2) is 8.31. The van der Waals surface area contributed by atoms with Gasteiger partial charge in [-0.25, -0.2) is 12.8 Å². The second-order valence-electron chi connectivity index (χ2n) is 6.11.